The van der Waals surface area contributed by atoms with Gasteiger partial charge in [-0.05, 0) is 37.3 Å². The number of halogens is 1. The first-order valence-corrected chi connectivity index (χ1v) is 8.74. The van der Waals surface area contributed by atoms with Crippen molar-refractivity contribution in [1.82, 2.24) is 19.6 Å². The van der Waals surface area contributed by atoms with Crippen molar-refractivity contribution in [3.63, 3.8) is 0 Å². The fourth-order valence-corrected chi connectivity index (χ4v) is 2.87. The van der Waals surface area contributed by atoms with E-state index in [1.54, 1.807) is 47.4 Å². The van der Waals surface area contributed by atoms with E-state index in [9.17, 15) is 9.18 Å². The van der Waals surface area contributed by atoms with Gasteiger partial charge in [0.2, 0.25) is 5.91 Å². The third kappa shape index (κ3) is 3.85. The number of rotatable bonds is 6. The van der Waals surface area contributed by atoms with Gasteiger partial charge in [-0.2, -0.15) is 10.2 Å². The Morgan fingerprint density at radius 1 is 1.18 bits per heavy atom. The normalized spacial score (nSPS) is 10.9. The van der Waals surface area contributed by atoms with Gasteiger partial charge in [0.15, 0.2) is 0 Å². The van der Waals surface area contributed by atoms with Gasteiger partial charge < -0.3 is 9.73 Å². The molecule has 142 valence electrons. The van der Waals surface area contributed by atoms with Gasteiger partial charge in [-0.1, -0.05) is 12.1 Å². The highest BCUT2D eigenvalue weighted by molar-refractivity contribution is 5.89. The van der Waals surface area contributed by atoms with Crippen molar-refractivity contribution in [3.05, 3.63) is 78.3 Å². The first-order valence-electron chi connectivity index (χ1n) is 8.74. The highest BCUT2D eigenvalue weighted by atomic mass is 19.1. The molecule has 0 aliphatic rings. The molecule has 0 aliphatic heterocycles. The molecule has 0 spiro atoms. The van der Waals surface area contributed by atoms with Crippen LogP contribution in [0.2, 0.25) is 0 Å². The molecule has 0 saturated carbocycles. The van der Waals surface area contributed by atoms with Crippen molar-refractivity contribution in [3.8, 4) is 11.3 Å². The number of carbonyl (C=O) groups excluding carboxylic acids is 1. The average Bonchev–Trinajstić information content (AvgIpc) is 3.39. The molecular formula is C20H18FN5O2. The lowest BCUT2D eigenvalue weighted by atomic mass is 10.1. The summed E-state index contributed by atoms with van der Waals surface area (Å²) in [5.41, 5.74) is 0.873. The van der Waals surface area contributed by atoms with E-state index in [2.05, 4.69) is 15.5 Å². The summed E-state index contributed by atoms with van der Waals surface area (Å²) in [7, 11) is 0. The van der Waals surface area contributed by atoms with Crippen LogP contribution >= 0.6 is 0 Å². The van der Waals surface area contributed by atoms with Crippen LogP contribution in [0.15, 0.2) is 65.3 Å². The Hall–Kier alpha value is -3.68. The minimum atomic E-state index is -0.353. The van der Waals surface area contributed by atoms with Crippen LogP contribution in [0.25, 0.3) is 11.3 Å². The maximum Gasteiger partial charge on any atom is 0.247 e. The number of nitrogens with one attached hydrogen (secondary N) is 1. The van der Waals surface area contributed by atoms with E-state index < -0.39 is 0 Å². The van der Waals surface area contributed by atoms with E-state index in [4.69, 9.17) is 4.42 Å². The largest absolute Gasteiger partial charge is 0.464 e. The minimum Gasteiger partial charge on any atom is -0.464 e. The van der Waals surface area contributed by atoms with E-state index in [1.165, 1.54) is 10.7 Å². The summed E-state index contributed by atoms with van der Waals surface area (Å²) in [6, 6.07) is 13.5. The molecule has 3 heterocycles. The number of aryl methyl sites for hydroxylation is 1. The molecule has 4 aromatic rings. The number of hydrogen-bond acceptors (Lipinski definition) is 4. The van der Waals surface area contributed by atoms with Gasteiger partial charge in [-0.15, -0.1) is 0 Å². The molecule has 3 aromatic heterocycles. The molecule has 0 atom stereocenters. The first kappa shape index (κ1) is 17.7. The molecule has 7 nitrogen and oxygen atoms in total. The van der Waals surface area contributed by atoms with Crippen LogP contribution in [-0.4, -0.2) is 25.5 Å². The van der Waals surface area contributed by atoms with E-state index in [0.717, 1.165) is 11.5 Å². The summed E-state index contributed by atoms with van der Waals surface area (Å²) in [5.74, 6) is 1.51. The number of hydrogen-bond donors (Lipinski definition) is 1. The molecule has 0 aliphatic carbocycles. The molecule has 1 N–H and O–H groups in total. The van der Waals surface area contributed by atoms with Crippen molar-refractivity contribution < 1.29 is 13.6 Å². The highest BCUT2D eigenvalue weighted by Crippen LogP contribution is 2.20. The Labute approximate surface area is 160 Å². The predicted octanol–water partition coefficient (Wildman–Crippen LogP) is 3.47. The van der Waals surface area contributed by atoms with Gasteiger partial charge in [0.1, 0.15) is 36.2 Å². The van der Waals surface area contributed by atoms with E-state index >= 15 is 0 Å². The molecule has 4 rings (SSSR count). The molecule has 1 amide bonds. The molecule has 0 unspecified atom stereocenters. The zero-order valence-corrected chi connectivity index (χ0v) is 15.2. The van der Waals surface area contributed by atoms with Crippen LogP contribution in [0.4, 0.5) is 10.2 Å². The minimum absolute atomic E-state index is 0.000503. The standard InChI is InChI=1S/C20H18FN5O2/c1-14-6-7-15(28-14)12-26-19(8-10-22-26)23-20(27)13-25-11-9-18(24-25)16-4-2-3-5-17(16)21/h2-11H,12-13H2,1H3,(H,23,27). The summed E-state index contributed by atoms with van der Waals surface area (Å²) in [4.78, 5) is 12.4. The summed E-state index contributed by atoms with van der Waals surface area (Å²) < 4.78 is 22.5. The third-order valence-electron chi connectivity index (χ3n) is 4.18. The fourth-order valence-electron chi connectivity index (χ4n) is 2.87. The third-order valence-corrected chi connectivity index (χ3v) is 4.18. The van der Waals surface area contributed by atoms with E-state index in [0.29, 0.717) is 23.6 Å². The number of benzene rings is 1. The van der Waals surface area contributed by atoms with E-state index in [1.807, 2.05) is 19.1 Å². The van der Waals surface area contributed by atoms with Crippen molar-refractivity contribution in [1.29, 1.82) is 0 Å². The van der Waals surface area contributed by atoms with Crippen LogP contribution in [0.1, 0.15) is 11.5 Å². The fraction of sp³-hybridized carbons (Fsp3) is 0.150. The molecule has 0 radical (unpaired) electrons. The Morgan fingerprint density at radius 2 is 2.04 bits per heavy atom. The monoisotopic (exact) mass is 379 g/mol. The maximum atomic E-state index is 13.9. The van der Waals surface area contributed by atoms with Crippen LogP contribution in [0, 0.1) is 12.7 Å². The van der Waals surface area contributed by atoms with Gasteiger partial charge in [-0.3, -0.25) is 9.48 Å². The second-order valence-corrected chi connectivity index (χ2v) is 6.31. The zero-order chi connectivity index (χ0) is 19.5. The SMILES string of the molecule is Cc1ccc(Cn2nccc2NC(=O)Cn2ccc(-c3ccccc3F)n2)o1. The summed E-state index contributed by atoms with van der Waals surface area (Å²) in [6.45, 7) is 2.28. The lowest BCUT2D eigenvalue weighted by Gasteiger charge is -2.08. The van der Waals surface area contributed by atoms with Crippen LogP contribution in [0.3, 0.4) is 0 Å². The molecule has 1 aromatic carbocycles. The second kappa shape index (κ2) is 7.51. The lowest BCUT2D eigenvalue weighted by molar-refractivity contribution is -0.116. The van der Waals surface area contributed by atoms with Gasteiger partial charge in [0.05, 0.1) is 11.9 Å². The number of amides is 1. The number of anilines is 1. The summed E-state index contributed by atoms with van der Waals surface area (Å²) in [6.07, 6.45) is 3.25. The molecule has 0 fully saturated rings. The number of nitrogens with zero attached hydrogens (tertiary/aromatic N) is 4. The molecule has 0 bridgehead atoms. The van der Waals surface area contributed by atoms with Crippen molar-refractivity contribution in [2.45, 2.75) is 20.0 Å². The Morgan fingerprint density at radius 3 is 2.82 bits per heavy atom. The highest BCUT2D eigenvalue weighted by Gasteiger charge is 2.12. The van der Waals surface area contributed by atoms with E-state index in [-0.39, 0.29) is 18.3 Å². The number of carbonyl (C=O) groups is 1. The van der Waals surface area contributed by atoms with Gasteiger partial charge in [-0.25, -0.2) is 9.07 Å². The summed E-state index contributed by atoms with van der Waals surface area (Å²) >= 11 is 0. The zero-order valence-electron chi connectivity index (χ0n) is 15.2. The molecular weight excluding hydrogens is 361 g/mol. The number of furan rings is 1. The van der Waals surface area contributed by atoms with Crippen molar-refractivity contribution in [2.75, 3.05) is 5.32 Å². The second-order valence-electron chi connectivity index (χ2n) is 6.31. The lowest BCUT2D eigenvalue weighted by Crippen LogP contribution is -2.21. The topological polar surface area (TPSA) is 77.9 Å². The summed E-state index contributed by atoms with van der Waals surface area (Å²) in [5, 5.41) is 11.3. The molecule has 8 heteroatoms. The first-order chi connectivity index (χ1) is 13.6. The van der Waals surface area contributed by atoms with Gasteiger partial charge in [0, 0.05) is 17.8 Å². The van der Waals surface area contributed by atoms with Gasteiger partial charge in [0.25, 0.3) is 0 Å². The maximum absolute atomic E-state index is 13.9. The van der Waals surface area contributed by atoms with Crippen LogP contribution < -0.4 is 5.32 Å². The van der Waals surface area contributed by atoms with Crippen molar-refractivity contribution in [2.24, 2.45) is 0 Å². The number of aromatic nitrogens is 4. The predicted molar refractivity (Wildman–Crippen MR) is 101 cm³/mol. The average molecular weight is 379 g/mol. The Kier molecular flexibility index (Phi) is 4.76. The quantitative estimate of drug-likeness (QED) is 0.556. The van der Waals surface area contributed by atoms with Crippen LogP contribution in [-0.2, 0) is 17.9 Å². The van der Waals surface area contributed by atoms with Crippen molar-refractivity contribution >= 4 is 11.7 Å². The van der Waals surface area contributed by atoms with Crippen LogP contribution in [0.5, 0.6) is 0 Å². The Bertz CT molecular complexity index is 1110. The Balaban J connectivity index is 1.42. The smallest absolute Gasteiger partial charge is 0.247 e. The molecule has 28 heavy (non-hydrogen) atoms. The molecule has 0 saturated heterocycles. The van der Waals surface area contributed by atoms with Gasteiger partial charge >= 0.3 is 0 Å².